The first-order chi connectivity index (χ1) is 8.10. The van der Waals surface area contributed by atoms with Crippen LogP contribution < -0.4 is 11.3 Å². The van der Waals surface area contributed by atoms with Gasteiger partial charge in [-0.1, -0.05) is 13.8 Å². The third-order valence-electron chi connectivity index (χ3n) is 2.60. The van der Waals surface area contributed by atoms with E-state index in [0.717, 1.165) is 17.6 Å². The maximum absolute atomic E-state index is 13.2. The van der Waals surface area contributed by atoms with Crippen molar-refractivity contribution >= 4 is 16.6 Å². The molecule has 0 bridgehead atoms. The van der Waals surface area contributed by atoms with Gasteiger partial charge in [-0.2, -0.15) is 0 Å². The van der Waals surface area contributed by atoms with Gasteiger partial charge in [0.25, 0.3) is 0 Å². The van der Waals surface area contributed by atoms with Crippen LogP contribution in [0.3, 0.4) is 0 Å². The number of nitrogens with two attached hydrogens (primary N) is 1. The minimum absolute atomic E-state index is 0.285. The van der Waals surface area contributed by atoms with Crippen LogP contribution in [0.25, 0.3) is 10.9 Å². The third-order valence-corrected chi connectivity index (χ3v) is 2.60. The summed E-state index contributed by atoms with van der Waals surface area (Å²) in [5, 5.41) is 0.708. The van der Waals surface area contributed by atoms with Crippen LogP contribution in [-0.4, -0.2) is 4.98 Å². The third kappa shape index (κ3) is 2.53. The van der Waals surface area contributed by atoms with Crippen LogP contribution in [0, 0.1) is 11.7 Å². The van der Waals surface area contributed by atoms with Crippen molar-refractivity contribution in [3.05, 3.63) is 35.8 Å². The predicted molar refractivity (Wildman–Crippen MR) is 68.1 cm³/mol. The van der Waals surface area contributed by atoms with E-state index in [1.807, 2.05) is 6.07 Å². The minimum Gasteiger partial charge on any atom is -0.323 e. The van der Waals surface area contributed by atoms with Gasteiger partial charge < -0.3 is 5.43 Å². The SMILES string of the molecule is CC(C)Cc1cc(NN)c2cc(F)ccc2n1. The van der Waals surface area contributed by atoms with Gasteiger partial charge in [-0.3, -0.25) is 10.8 Å². The van der Waals surface area contributed by atoms with Gasteiger partial charge in [-0.25, -0.2) is 4.39 Å². The molecule has 4 heteroatoms. The molecule has 0 aliphatic rings. The lowest BCUT2D eigenvalue weighted by Crippen LogP contribution is -2.09. The number of halogens is 1. The van der Waals surface area contributed by atoms with Crippen molar-refractivity contribution in [3.63, 3.8) is 0 Å². The summed E-state index contributed by atoms with van der Waals surface area (Å²) < 4.78 is 13.2. The van der Waals surface area contributed by atoms with Crippen molar-refractivity contribution in [2.45, 2.75) is 20.3 Å². The van der Waals surface area contributed by atoms with E-state index >= 15 is 0 Å². The van der Waals surface area contributed by atoms with Crippen LogP contribution in [0.2, 0.25) is 0 Å². The van der Waals surface area contributed by atoms with Crippen LogP contribution in [0.15, 0.2) is 24.3 Å². The summed E-state index contributed by atoms with van der Waals surface area (Å²) in [6.45, 7) is 4.26. The Labute approximate surface area is 99.8 Å². The molecule has 2 aromatic rings. The first kappa shape index (κ1) is 11.8. The predicted octanol–water partition coefficient (Wildman–Crippen LogP) is 2.86. The Bertz CT molecular complexity index is 537. The van der Waals surface area contributed by atoms with Gasteiger partial charge in [-0.15, -0.1) is 0 Å². The van der Waals surface area contributed by atoms with E-state index in [2.05, 4.69) is 24.3 Å². The molecule has 0 fully saturated rings. The second-order valence-corrected chi connectivity index (χ2v) is 4.56. The molecule has 0 amide bonds. The number of fused-ring (bicyclic) bond motifs is 1. The minimum atomic E-state index is -0.285. The zero-order chi connectivity index (χ0) is 12.4. The Morgan fingerprint density at radius 1 is 1.35 bits per heavy atom. The number of pyridine rings is 1. The van der Waals surface area contributed by atoms with Gasteiger partial charge in [0.05, 0.1) is 11.2 Å². The molecule has 0 saturated carbocycles. The van der Waals surface area contributed by atoms with Crippen molar-refractivity contribution in [1.29, 1.82) is 0 Å². The number of nitrogens with one attached hydrogen (secondary N) is 1. The molecule has 0 aliphatic carbocycles. The second kappa shape index (κ2) is 4.67. The highest BCUT2D eigenvalue weighted by molar-refractivity contribution is 5.91. The summed E-state index contributed by atoms with van der Waals surface area (Å²) >= 11 is 0. The van der Waals surface area contributed by atoms with E-state index in [-0.39, 0.29) is 5.82 Å². The highest BCUT2D eigenvalue weighted by Crippen LogP contribution is 2.24. The molecule has 0 aliphatic heterocycles. The van der Waals surface area contributed by atoms with Crippen LogP contribution in [0.1, 0.15) is 19.5 Å². The summed E-state index contributed by atoms with van der Waals surface area (Å²) in [5.41, 5.74) is 5.04. The number of aromatic nitrogens is 1. The lowest BCUT2D eigenvalue weighted by atomic mass is 10.1. The molecule has 0 radical (unpaired) electrons. The summed E-state index contributed by atoms with van der Waals surface area (Å²) in [6, 6.07) is 6.41. The van der Waals surface area contributed by atoms with Crippen molar-refractivity contribution in [3.8, 4) is 0 Å². The Hall–Kier alpha value is -1.68. The van der Waals surface area contributed by atoms with Crippen molar-refractivity contribution in [2.24, 2.45) is 11.8 Å². The molecular weight excluding hydrogens is 217 g/mol. The van der Waals surface area contributed by atoms with Gasteiger partial charge in [0.15, 0.2) is 0 Å². The Morgan fingerprint density at radius 3 is 2.76 bits per heavy atom. The van der Waals surface area contributed by atoms with E-state index in [9.17, 15) is 4.39 Å². The number of rotatable bonds is 3. The standard InChI is InChI=1S/C13H16FN3/c1-8(2)5-10-7-13(17-15)11-6-9(14)3-4-12(11)16-10/h3-4,6-8H,5,15H2,1-2H3,(H,16,17). The normalized spacial score (nSPS) is 11.1. The number of hydrogen-bond acceptors (Lipinski definition) is 3. The average molecular weight is 233 g/mol. The van der Waals surface area contributed by atoms with E-state index in [1.165, 1.54) is 12.1 Å². The molecule has 3 nitrogen and oxygen atoms in total. The fourth-order valence-electron chi connectivity index (χ4n) is 1.90. The first-order valence-corrected chi connectivity index (χ1v) is 5.66. The van der Waals surface area contributed by atoms with E-state index in [4.69, 9.17) is 5.84 Å². The fourth-order valence-corrected chi connectivity index (χ4v) is 1.90. The van der Waals surface area contributed by atoms with Gasteiger partial charge in [0.1, 0.15) is 5.82 Å². The smallest absolute Gasteiger partial charge is 0.124 e. The Morgan fingerprint density at radius 2 is 2.12 bits per heavy atom. The van der Waals surface area contributed by atoms with Crippen LogP contribution in [-0.2, 0) is 6.42 Å². The maximum atomic E-state index is 13.2. The quantitative estimate of drug-likeness (QED) is 0.633. The Balaban J connectivity index is 2.58. The monoisotopic (exact) mass is 233 g/mol. The summed E-state index contributed by atoms with van der Waals surface area (Å²) in [7, 11) is 0. The zero-order valence-electron chi connectivity index (χ0n) is 10.00. The second-order valence-electron chi connectivity index (χ2n) is 4.56. The summed E-state index contributed by atoms with van der Waals surface area (Å²) in [5.74, 6) is 5.70. The number of benzene rings is 1. The number of hydrazine groups is 1. The van der Waals surface area contributed by atoms with Gasteiger partial charge >= 0.3 is 0 Å². The highest BCUT2D eigenvalue weighted by Gasteiger charge is 2.07. The van der Waals surface area contributed by atoms with E-state index in [1.54, 1.807) is 6.07 Å². The van der Waals surface area contributed by atoms with Gasteiger partial charge in [-0.05, 0) is 36.6 Å². The van der Waals surface area contributed by atoms with Crippen molar-refractivity contribution < 1.29 is 4.39 Å². The molecule has 1 heterocycles. The van der Waals surface area contributed by atoms with Gasteiger partial charge in [0, 0.05) is 11.1 Å². The van der Waals surface area contributed by atoms with Crippen molar-refractivity contribution in [1.82, 2.24) is 4.98 Å². The van der Waals surface area contributed by atoms with Crippen molar-refractivity contribution in [2.75, 3.05) is 5.43 Å². The largest absolute Gasteiger partial charge is 0.323 e. The number of nitrogen functional groups attached to an aromatic ring is 1. The molecule has 3 N–H and O–H groups in total. The molecule has 1 aromatic carbocycles. The summed E-state index contributed by atoms with van der Waals surface area (Å²) in [6.07, 6.45) is 0.877. The van der Waals surface area contributed by atoms with E-state index in [0.29, 0.717) is 17.0 Å². The number of nitrogens with zero attached hydrogens (tertiary/aromatic N) is 1. The first-order valence-electron chi connectivity index (χ1n) is 5.66. The molecule has 1 aromatic heterocycles. The fraction of sp³-hybridized carbons (Fsp3) is 0.308. The lowest BCUT2D eigenvalue weighted by Gasteiger charge is -2.10. The number of hydrogen-bond donors (Lipinski definition) is 2. The Kier molecular flexibility index (Phi) is 3.24. The molecule has 0 saturated heterocycles. The van der Waals surface area contributed by atoms with E-state index < -0.39 is 0 Å². The molecule has 0 atom stereocenters. The molecule has 0 spiro atoms. The molecule has 2 rings (SSSR count). The highest BCUT2D eigenvalue weighted by atomic mass is 19.1. The number of anilines is 1. The van der Waals surface area contributed by atoms with Crippen LogP contribution in [0.5, 0.6) is 0 Å². The molecule has 90 valence electrons. The van der Waals surface area contributed by atoms with Crippen LogP contribution in [0.4, 0.5) is 10.1 Å². The van der Waals surface area contributed by atoms with Crippen LogP contribution >= 0.6 is 0 Å². The average Bonchev–Trinajstić information content (AvgIpc) is 2.27. The molecular formula is C13H16FN3. The lowest BCUT2D eigenvalue weighted by molar-refractivity contribution is 0.628. The molecule has 0 unspecified atom stereocenters. The zero-order valence-corrected chi connectivity index (χ0v) is 10.00. The maximum Gasteiger partial charge on any atom is 0.124 e. The summed E-state index contributed by atoms with van der Waals surface area (Å²) in [4.78, 5) is 4.50. The topological polar surface area (TPSA) is 50.9 Å². The van der Waals surface area contributed by atoms with Gasteiger partial charge in [0.2, 0.25) is 0 Å². The molecule has 17 heavy (non-hydrogen) atoms.